The third-order valence-corrected chi connectivity index (χ3v) is 15.4. The molecule has 0 bridgehead atoms. The van der Waals surface area contributed by atoms with Crippen LogP contribution in [0.25, 0.3) is 94.4 Å². The summed E-state index contributed by atoms with van der Waals surface area (Å²) in [6.07, 6.45) is 0. The maximum Gasteiger partial charge on any atom is 0.235 e. The van der Waals surface area contributed by atoms with Crippen LogP contribution in [-0.2, 0) is 4.57 Å². The van der Waals surface area contributed by atoms with Gasteiger partial charge in [-0.2, -0.15) is 0 Å². The number of rotatable bonds is 6. The van der Waals surface area contributed by atoms with E-state index in [4.69, 9.17) is 9.97 Å². The highest BCUT2D eigenvalue weighted by Gasteiger charge is 2.43. The molecule has 0 spiro atoms. The molecular weight excluding hydrogens is 762 g/mol. The number of fused-ring (bicyclic) bond motifs is 9. The minimum atomic E-state index is -3.40. The van der Waals surface area contributed by atoms with Crippen LogP contribution in [0.5, 0.6) is 0 Å². The number of hydrogen-bond acceptors (Lipinski definition) is 3. The van der Waals surface area contributed by atoms with Gasteiger partial charge in [0.1, 0.15) is 0 Å². The molecule has 0 saturated heterocycles. The molecule has 2 aromatic heterocycles. The van der Waals surface area contributed by atoms with Crippen molar-refractivity contribution in [3.8, 4) is 61.8 Å². The first kappa shape index (κ1) is 35.3. The van der Waals surface area contributed by atoms with Crippen molar-refractivity contribution in [3.63, 3.8) is 0 Å². The SMILES string of the molecule is O=P1(c2ccccc2)c2ccccc2-c2ccc3c4c5ccccc5ccc4n(-c4nc(-c5ccc(-c6ccccc6)cc5)cc(-c5ccc(-c6ccccc6)cc5)n4)c3c21. The third-order valence-electron chi connectivity index (χ3n) is 12.3. The first-order chi connectivity index (χ1) is 30.1. The Morgan fingerprint density at radius 3 is 1.57 bits per heavy atom. The Bertz CT molecular complexity index is 3420. The highest BCUT2D eigenvalue weighted by atomic mass is 31.2. The lowest BCUT2D eigenvalue weighted by Gasteiger charge is -2.18. The Kier molecular flexibility index (Phi) is 8.09. The van der Waals surface area contributed by atoms with E-state index in [0.717, 1.165) is 104 Å². The lowest BCUT2D eigenvalue weighted by molar-refractivity contribution is 0.593. The standard InChI is InChI=1S/C56H36N3OP/c60-61(44-19-8-3-9-20-44)52-23-13-12-22-46(52)47-33-34-48-53-45-21-11-10-18-41(45)32-35-51(53)59(54(48)55(47)61)56-57-49(42-28-24-39(25-29-42)37-14-4-1-5-15-37)36-50(58-56)43-30-26-40(27-31-43)38-16-6-2-7-17-38/h1-36H. The molecule has 5 heteroatoms. The lowest BCUT2D eigenvalue weighted by Crippen LogP contribution is -2.22. The molecule has 61 heavy (non-hydrogen) atoms. The van der Waals surface area contributed by atoms with Gasteiger partial charge in [-0.1, -0.05) is 206 Å². The van der Waals surface area contributed by atoms with E-state index < -0.39 is 7.14 Å². The van der Waals surface area contributed by atoms with Crippen molar-refractivity contribution >= 4 is 55.6 Å². The highest BCUT2D eigenvalue weighted by Crippen LogP contribution is 2.55. The molecule has 9 aromatic carbocycles. The monoisotopic (exact) mass is 797 g/mol. The second kappa shape index (κ2) is 14.0. The second-order valence-electron chi connectivity index (χ2n) is 15.7. The van der Waals surface area contributed by atoms with Gasteiger partial charge < -0.3 is 4.57 Å². The quantitative estimate of drug-likeness (QED) is 0.157. The molecular formula is C56H36N3OP. The van der Waals surface area contributed by atoms with Crippen molar-refractivity contribution in [2.45, 2.75) is 0 Å². The van der Waals surface area contributed by atoms with Gasteiger partial charge in [0.15, 0.2) is 7.14 Å². The molecule has 0 aliphatic carbocycles. The van der Waals surface area contributed by atoms with Gasteiger partial charge >= 0.3 is 0 Å². The van der Waals surface area contributed by atoms with Crippen molar-refractivity contribution in [2.24, 2.45) is 0 Å². The predicted molar refractivity (Wildman–Crippen MR) is 254 cm³/mol. The fourth-order valence-corrected chi connectivity index (χ4v) is 12.6. The van der Waals surface area contributed by atoms with Crippen molar-refractivity contribution < 1.29 is 4.57 Å². The molecule has 0 saturated carbocycles. The van der Waals surface area contributed by atoms with E-state index in [1.165, 1.54) is 0 Å². The van der Waals surface area contributed by atoms with E-state index in [-0.39, 0.29) is 0 Å². The van der Waals surface area contributed by atoms with Crippen LogP contribution < -0.4 is 15.9 Å². The summed E-state index contributed by atoms with van der Waals surface area (Å²) in [6.45, 7) is 0. The van der Waals surface area contributed by atoms with Crippen molar-refractivity contribution in [1.29, 1.82) is 0 Å². The summed E-state index contributed by atoms with van der Waals surface area (Å²) in [5.41, 5.74) is 11.9. The van der Waals surface area contributed by atoms with Gasteiger partial charge in [-0.05, 0) is 56.3 Å². The lowest BCUT2D eigenvalue weighted by atomic mass is 10.0. The summed E-state index contributed by atoms with van der Waals surface area (Å²) < 4.78 is 18.6. The van der Waals surface area contributed by atoms with Crippen LogP contribution in [0.2, 0.25) is 0 Å². The summed E-state index contributed by atoms with van der Waals surface area (Å²) in [6, 6.07) is 75.7. The maximum absolute atomic E-state index is 16.4. The topological polar surface area (TPSA) is 47.8 Å². The first-order valence-electron chi connectivity index (χ1n) is 20.6. The predicted octanol–water partition coefficient (Wildman–Crippen LogP) is 13.0. The molecule has 0 fully saturated rings. The molecule has 12 rings (SSSR count). The Labute approximate surface area is 353 Å². The fourth-order valence-electron chi connectivity index (χ4n) is 9.36. The summed E-state index contributed by atoms with van der Waals surface area (Å²) in [7, 11) is -3.40. The minimum absolute atomic E-state index is 0.519. The van der Waals surface area contributed by atoms with Crippen LogP contribution in [0.4, 0.5) is 0 Å². The van der Waals surface area contributed by atoms with Gasteiger partial charge in [0, 0.05) is 32.5 Å². The first-order valence-corrected chi connectivity index (χ1v) is 22.3. The largest absolute Gasteiger partial charge is 0.309 e. The van der Waals surface area contributed by atoms with Gasteiger partial charge in [0.25, 0.3) is 0 Å². The van der Waals surface area contributed by atoms with Crippen LogP contribution in [0.3, 0.4) is 0 Å². The van der Waals surface area contributed by atoms with Gasteiger partial charge in [-0.3, -0.25) is 4.57 Å². The molecule has 286 valence electrons. The van der Waals surface area contributed by atoms with Crippen LogP contribution in [0, 0.1) is 0 Å². The van der Waals surface area contributed by atoms with E-state index in [2.05, 4.69) is 162 Å². The van der Waals surface area contributed by atoms with Gasteiger partial charge in [-0.25, -0.2) is 9.97 Å². The van der Waals surface area contributed by atoms with Crippen molar-refractivity contribution in [3.05, 3.63) is 218 Å². The van der Waals surface area contributed by atoms with Crippen LogP contribution in [0.1, 0.15) is 0 Å². The summed E-state index contributed by atoms with van der Waals surface area (Å²) in [4.78, 5) is 11.0. The molecule has 3 heterocycles. The van der Waals surface area contributed by atoms with Crippen molar-refractivity contribution in [2.75, 3.05) is 0 Å². The Morgan fingerprint density at radius 2 is 0.934 bits per heavy atom. The number of nitrogens with zero attached hydrogens (tertiary/aromatic N) is 3. The normalized spacial score (nSPS) is 14.4. The molecule has 0 radical (unpaired) electrons. The molecule has 0 amide bonds. The average molecular weight is 798 g/mol. The summed E-state index contributed by atoms with van der Waals surface area (Å²) in [5, 5.41) is 6.86. The Morgan fingerprint density at radius 1 is 0.410 bits per heavy atom. The third kappa shape index (κ3) is 5.57. The van der Waals surface area contributed by atoms with E-state index in [1.807, 2.05) is 60.7 Å². The van der Waals surface area contributed by atoms with E-state index in [9.17, 15) is 0 Å². The van der Waals surface area contributed by atoms with Gasteiger partial charge in [-0.15, -0.1) is 0 Å². The second-order valence-corrected chi connectivity index (χ2v) is 18.3. The smallest absolute Gasteiger partial charge is 0.235 e. The average Bonchev–Trinajstić information content (AvgIpc) is 3.82. The molecule has 11 aromatic rings. The molecule has 1 atom stereocenters. The number of hydrogen-bond donors (Lipinski definition) is 0. The summed E-state index contributed by atoms with van der Waals surface area (Å²) in [5.74, 6) is 0.519. The van der Waals surface area contributed by atoms with E-state index in [1.54, 1.807) is 0 Å². The number of aromatic nitrogens is 3. The van der Waals surface area contributed by atoms with Crippen LogP contribution in [0.15, 0.2) is 218 Å². The van der Waals surface area contributed by atoms with E-state index in [0.29, 0.717) is 5.95 Å². The molecule has 1 unspecified atom stereocenters. The maximum atomic E-state index is 16.4. The molecule has 0 N–H and O–H groups in total. The molecule has 1 aliphatic heterocycles. The van der Waals surface area contributed by atoms with Crippen LogP contribution >= 0.6 is 7.14 Å². The molecule has 1 aliphatic rings. The van der Waals surface area contributed by atoms with Crippen LogP contribution in [-0.4, -0.2) is 14.5 Å². The Hall–Kier alpha value is -7.65. The zero-order valence-corrected chi connectivity index (χ0v) is 33.9. The Balaban J connectivity index is 1.17. The highest BCUT2D eigenvalue weighted by molar-refractivity contribution is 7.86. The van der Waals surface area contributed by atoms with Gasteiger partial charge in [0.2, 0.25) is 5.95 Å². The van der Waals surface area contributed by atoms with E-state index >= 15 is 4.57 Å². The zero-order valence-electron chi connectivity index (χ0n) is 33.0. The zero-order chi connectivity index (χ0) is 40.5. The minimum Gasteiger partial charge on any atom is -0.309 e. The van der Waals surface area contributed by atoms with Crippen molar-refractivity contribution in [1.82, 2.24) is 14.5 Å². The summed E-state index contributed by atoms with van der Waals surface area (Å²) >= 11 is 0. The van der Waals surface area contributed by atoms with Gasteiger partial charge in [0.05, 0.1) is 27.7 Å². The number of benzene rings is 9. The molecule has 4 nitrogen and oxygen atoms in total. The fraction of sp³-hybridized carbons (Fsp3) is 0.